The Labute approximate surface area is 98.8 Å². The molecule has 0 aliphatic heterocycles. The fourth-order valence-corrected chi connectivity index (χ4v) is 1.67. The van der Waals surface area contributed by atoms with Crippen molar-refractivity contribution >= 4 is 0 Å². The summed E-state index contributed by atoms with van der Waals surface area (Å²) in [6, 6.07) is 0. The van der Waals surface area contributed by atoms with Gasteiger partial charge in [-0.2, -0.15) is 0 Å². The highest BCUT2D eigenvalue weighted by atomic mass is 16.3. The molecular weight excluding hydrogens is 204 g/mol. The van der Waals surface area contributed by atoms with Crippen molar-refractivity contribution in [1.29, 1.82) is 0 Å². The maximum absolute atomic E-state index is 9.90. The lowest BCUT2D eigenvalue weighted by atomic mass is 9.86. The number of hydrogen-bond acceptors (Lipinski definition) is 3. The van der Waals surface area contributed by atoms with Crippen molar-refractivity contribution in [3.63, 3.8) is 0 Å². The maximum atomic E-state index is 9.90. The first-order valence-corrected chi connectivity index (χ1v) is 5.98. The molecule has 0 aromatic rings. The summed E-state index contributed by atoms with van der Waals surface area (Å²) in [5, 5.41) is 29.5. The van der Waals surface area contributed by atoms with Crippen LogP contribution in [0.2, 0.25) is 0 Å². The minimum atomic E-state index is -0.685. The Morgan fingerprint density at radius 1 is 1.00 bits per heavy atom. The van der Waals surface area contributed by atoms with E-state index >= 15 is 0 Å². The molecule has 0 bridgehead atoms. The molecule has 5 atom stereocenters. The second-order valence-corrected chi connectivity index (χ2v) is 5.06. The van der Waals surface area contributed by atoms with Crippen LogP contribution < -0.4 is 0 Å². The van der Waals surface area contributed by atoms with Crippen LogP contribution >= 0.6 is 0 Å². The highest BCUT2D eigenvalue weighted by Crippen LogP contribution is 2.21. The minimum Gasteiger partial charge on any atom is -0.393 e. The van der Waals surface area contributed by atoms with Crippen LogP contribution in [-0.4, -0.2) is 33.6 Å². The third-order valence-electron chi connectivity index (χ3n) is 3.29. The van der Waals surface area contributed by atoms with Gasteiger partial charge in [-0.25, -0.2) is 0 Å². The van der Waals surface area contributed by atoms with Crippen LogP contribution in [0, 0.1) is 17.8 Å². The largest absolute Gasteiger partial charge is 0.393 e. The van der Waals surface area contributed by atoms with Crippen LogP contribution in [-0.2, 0) is 0 Å². The minimum absolute atomic E-state index is 0.0435. The van der Waals surface area contributed by atoms with Gasteiger partial charge in [0.05, 0.1) is 18.3 Å². The summed E-state index contributed by atoms with van der Waals surface area (Å²) in [7, 11) is 0. The first-order valence-electron chi connectivity index (χ1n) is 5.98. The average Bonchev–Trinajstić information content (AvgIpc) is 2.25. The highest BCUT2D eigenvalue weighted by molar-refractivity contribution is 4.84. The third-order valence-corrected chi connectivity index (χ3v) is 3.29. The molecular formula is C13H26O3. The maximum Gasteiger partial charge on any atom is 0.0624 e. The average molecular weight is 230 g/mol. The number of aliphatic hydroxyl groups excluding tert-OH is 3. The van der Waals surface area contributed by atoms with Gasteiger partial charge in [0, 0.05) is 12.3 Å². The van der Waals surface area contributed by atoms with Gasteiger partial charge < -0.3 is 15.3 Å². The molecule has 0 fully saturated rings. The van der Waals surface area contributed by atoms with Crippen LogP contribution in [0.15, 0.2) is 12.7 Å². The quantitative estimate of drug-likeness (QED) is 0.582. The predicted octanol–water partition coefficient (Wildman–Crippen LogP) is 1.57. The van der Waals surface area contributed by atoms with Gasteiger partial charge in [0.15, 0.2) is 0 Å². The fourth-order valence-electron chi connectivity index (χ4n) is 1.67. The molecule has 3 heteroatoms. The normalized spacial score (nSPS) is 21.2. The van der Waals surface area contributed by atoms with Gasteiger partial charge in [0.2, 0.25) is 0 Å². The van der Waals surface area contributed by atoms with Gasteiger partial charge in [-0.05, 0) is 11.8 Å². The van der Waals surface area contributed by atoms with Gasteiger partial charge in [0.25, 0.3) is 0 Å². The van der Waals surface area contributed by atoms with Crippen LogP contribution in [0.5, 0.6) is 0 Å². The molecule has 0 unspecified atom stereocenters. The van der Waals surface area contributed by atoms with Gasteiger partial charge in [-0.1, -0.05) is 33.8 Å². The first-order chi connectivity index (χ1) is 7.31. The van der Waals surface area contributed by atoms with Crippen molar-refractivity contribution in [3.05, 3.63) is 12.7 Å². The Morgan fingerprint density at radius 3 is 1.88 bits per heavy atom. The third kappa shape index (κ3) is 4.64. The van der Waals surface area contributed by atoms with Crippen LogP contribution in [0.1, 0.15) is 34.1 Å². The molecule has 96 valence electrons. The molecule has 0 aliphatic carbocycles. The fraction of sp³-hybridized carbons (Fsp3) is 0.846. The van der Waals surface area contributed by atoms with Gasteiger partial charge in [-0.3, -0.25) is 0 Å². The number of hydrogen-bond donors (Lipinski definition) is 3. The topological polar surface area (TPSA) is 60.7 Å². The second kappa shape index (κ2) is 7.05. The van der Waals surface area contributed by atoms with Gasteiger partial charge in [0.1, 0.15) is 0 Å². The van der Waals surface area contributed by atoms with E-state index in [2.05, 4.69) is 6.58 Å². The van der Waals surface area contributed by atoms with E-state index < -0.39 is 18.3 Å². The van der Waals surface area contributed by atoms with E-state index in [4.69, 9.17) is 0 Å². The number of rotatable bonds is 7. The van der Waals surface area contributed by atoms with E-state index in [1.54, 1.807) is 13.0 Å². The molecule has 0 saturated heterocycles. The van der Waals surface area contributed by atoms with E-state index in [9.17, 15) is 15.3 Å². The Kier molecular flexibility index (Phi) is 6.88. The van der Waals surface area contributed by atoms with Crippen molar-refractivity contribution in [1.82, 2.24) is 0 Å². The standard InChI is InChI=1S/C13H26O3/c1-6-9(4)11(14)7-12(15)10(5)13(16)8(2)3/h6,8-16H,1,7H2,2-5H3/t9-,10-,11+,12-,13+/m0/s1. The van der Waals surface area contributed by atoms with E-state index in [1.165, 1.54) is 0 Å². The molecule has 0 radical (unpaired) electrons. The molecule has 0 rings (SSSR count). The Morgan fingerprint density at radius 2 is 1.50 bits per heavy atom. The lowest BCUT2D eigenvalue weighted by molar-refractivity contribution is -0.0280. The van der Waals surface area contributed by atoms with Crippen molar-refractivity contribution in [2.24, 2.45) is 17.8 Å². The molecule has 0 aromatic heterocycles. The zero-order valence-electron chi connectivity index (χ0n) is 10.8. The Hall–Kier alpha value is -0.380. The summed E-state index contributed by atoms with van der Waals surface area (Å²) >= 11 is 0. The molecule has 16 heavy (non-hydrogen) atoms. The summed E-state index contributed by atoms with van der Waals surface area (Å²) < 4.78 is 0. The van der Waals surface area contributed by atoms with Crippen molar-refractivity contribution < 1.29 is 15.3 Å². The zero-order valence-corrected chi connectivity index (χ0v) is 10.8. The Balaban J connectivity index is 4.24. The second-order valence-electron chi connectivity index (χ2n) is 5.06. The van der Waals surface area contributed by atoms with Gasteiger partial charge in [-0.15, -0.1) is 6.58 Å². The van der Waals surface area contributed by atoms with Crippen molar-refractivity contribution in [2.75, 3.05) is 0 Å². The van der Waals surface area contributed by atoms with Crippen molar-refractivity contribution in [2.45, 2.75) is 52.4 Å². The molecule has 3 nitrogen and oxygen atoms in total. The Bertz CT molecular complexity index is 203. The molecule has 0 aromatic carbocycles. The zero-order chi connectivity index (χ0) is 12.9. The summed E-state index contributed by atoms with van der Waals surface area (Å²) in [4.78, 5) is 0. The summed E-state index contributed by atoms with van der Waals surface area (Å²) in [5.41, 5.74) is 0. The molecule has 0 amide bonds. The SMILES string of the molecule is C=C[C@H](C)[C@H](O)C[C@H](O)[C@H](C)[C@H](O)C(C)C. The van der Waals surface area contributed by atoms with Crippen molar-refractivity contribution in [3.8, 4) is 0 Å². The summed E-state index contributed by atoms with van der Waals surface area (Å²) in [5.74, 6) is -0.164. The predicted molar refractivity (Wildman–Crippen MR) is 66.0 cm³/mol. The van der Waals surface area contributed by atoms with E-state index in [-0.39, 0.29) is 24.2 Å². The van der Waals surface area contributed by atoms with E-state index in [0.29, 0.717) is 0 Å². The molecule has 0 aliphatic rings. The summed E-state index contributed by atoms with van der Waals surface area (Å²) in [6.45, 7) is 11.1. The summed E-state index contributed by atoms with van der Waals surface area (Å²) in [6.07, 6.45) is 0.115. The molecule has 0 spiro atoms. The molecule has 0 heterocycles. The van der Waals surface area contributed by atoms with Crippen LogP contribution in [0.3, 0.4) is 0 Å². The molecule has 0 saturated carbocycles. The highest BCUT2D eigenvalue weighted by Gasteiger charge is 2.27. The first kappa shape index (κ1) is 15.6. The van der Waals surface area contributed by atoms with Gasteiger partial charge >= 0.3 is 0 Å². The lowest BCUT2D eigenvalue weighted by Gasteiger charge is -2.28. The number of aliphatic hydroxyl groups is 3. The van der Waals surface area contributed by atoms with Crippen LogP contribution in [0.25, 0.3) is 0 Å². The van der Waals surface area contributed by atoms with Crippen LogP contribution in [0.4, 0.5) is 0 Å². The van der Waals surface area contributed by atoms with E-state index in [0.717, 1.165) is 0 Å². The molecule has 3 N–H and O–H groups in total. The lowest BCUT2D eigenvalue weighted by Crippen LogP contribution is -2.36. The monoisotopic (exact) mass is 230 g/mol. The van der Waals surface area contributed by atoms with E-state index in [1.807, 2.05) is 20.8 Å². The smallest absolute Gasteiger partial charge is 0.0624 e.